The maximum atomic E-state index is 4.53. The van der Waals surface area contributed by atoms with Crippen molar-refractivity contribution < 1.29 is 0 Å². The molecule has 0 saturated carbocycles. The number of aliphatic imine (C=N–C) groups is 3. The highest BCUT2D eigenvalue weighted by molar-refractivity contribution is 8.03. The lowest BCUT2D eigenvalue weighted by molar-refractivity contribution is 0.943. The molecule has 0 aliphatic carbocycles. The van der Waals surface area contributed by atoms with Crippen LogP contribution < -0.4 is 10.2 Å². The smallest absolute Gasteiger partial charge is 0.154 e. The molecule has 4 aromatic carbocycles. The maximum absolute atomic E-state index is 4.53. The zero-order chi connectivity index (χ0) is 36.4. The van der Waals surface area contributed by atoms with E-state index < -0.39 is 0 Å². The number of fused-ring (bicyclic) bond motifs is 2. The highest BCUT2D eigenvalue weighted by Crippen LogP contribution is 2.38. The molecule has 7 heteroatoms. The molecule has 1 heterocycles. The predicted molar refractivity (Wildman–Crippen MR) is 230 cm³/mol. The first kappa shape index (κ1) is 38.4. The molecule has 0 radical (unpaired) electrons. The fraction of sp³-hybridized carbons (Fsp3) is 0.114. The number of nitrogens with one attached hydrogen (secondary N) is 1. The summed E-state index contributed by atoms with van der Waals surface area (Å²) in [6, 6.07) is 32.9. The summed E-state index contributed by atoms with van der Waals surface area (Å²) in [7, 11) is 0. The van der Waals surface area contributed by atoms with Crippen molar-refractivity contribution in [3.63, 3.8) is 0 Å². The van der Waals surface area contributed by atoms with E-state index in [4.69, 9.17) is 0 Å². The third kappa shape index (κ3) is 11.3. The first-order chi connectivity index (χ1) is 24.9. The molecule has 0 aromatic heterocycles. The van der Waals surface area contributed by atoms with Gasteiger partial charge in [-0.25, -0.2) is 4.99 Å². The van der Waals surface area contributed by atoms with Gasteiger partial charge in [0, 0.05) is 44.5 Å². The van der Waals surface area contributed by atoms with Crippen LogP contribution in [0.1, 0.15) is 29.2 Å². The van der Waals surface area contributed by atoms with E-state index in [1.165, 1.54) is 20.9 Å². The molecule has 0 bridgehead atoms. The largest absolute Gasteiger partial charge is 0.355 e. The zero-order valence-electron chi connectivity index (χ0n) is 29.4. The molecular formula is C44H45N5S2. The van der Waals surface area contributed by atoms with Crippen molar-refractivity contribution in [1.82, 2.24) is 0 Å². The van der Waals surface area contributed by atoms with Gasteiger partial charge in [0.1, 0.15) is 6.67 Å². The summed E-state index contributed by atoms with van der Waals surface area (Å²) in [5.41, 5.74) is 9.63. The summed E-state index contributed by atoms with van der Waals surface area (Å²) in [5.74, 6) is 0.656. The Bertz CT molecular complexity index is 1990. The number of nitrogens with zero attached hydrogens (tertiary/aromatic N) is 4. The van der Waals surface area contributed by atoms with Crippen LogP contribution in [0.25, 0.3) is 6.08 Å². The van der Waals surface area contributed by atoms with Gasteiger partial charge in [-0.15, -0.1) is 0 Å². The zero-order valence-corrected chi connectivity index (χ0v) is 31.1. The number of rotatable bonds is 9. The van der Waals surface area contributed by atoms with Gasteiger partial charge < -0.3 is 10.2 Å². The van der Waals surface area contributed by atoms with Gasteiger partial charge in [0.2, 0.25) is 0 Å². The Hall–Kier alpha value is -5.37. The molecule has 258 valence electrons. The van der Waals surface area contributed by atoms with Crippen LogP contribution in [0.3, 0.4) is 0 Å². The Labute approximate surface area is 313 Å². The first-order valence-corrected chi connectivity index (χ1v) is 17.9. The number of para-hydroxylation sites is 2. The number of anilines is 3. The van der Waals surface area contributed by atoms with Gasteiger partial charge in [-0.05, 0) is 91.4 Å². The van der Waals surface area contributed by atoms with Crippen molar-refractivity contribution in [1.29, 1.82) is 0 Å². The van der Waals surface area contributed by atoms with Gasteiger partial charge in [-0.3, -0.25) is 9.98 Å². The second kappa shape index (κ2) is 20.3. The molecule has 51 heavy (non-hydrogen) atoms. The lowest BCUT2D eigenvalue weighted by Gasteiger charge is -2.25. The van der Waals surface area contributed by atoms with E-state index in [9.17, 15) is 0 Å². The second-order valence-corrected chi connectivity index (χ2v) is 12.9. The van der Waals surface area contributed by atoms with Gasteiger partial charge in [0.05, 0.1) is 6.54 Å². The standard InChI is InChI=1S/C28H27N3S2.C16H18N2/c1-20-8-4-6-10-26(20)30-24-14-15-28-23(16-24)13-12-21(2)31(19-29-3)27-11-7-5-9-22(27)17-25(18-32)33-28;1-4-6-10-14(5-2)13-18-16(17-3)15-11-8-7-9-12-15/h4-16,18,30,32H,2-3,17,19H2,1H3;4-12H,2-3,13H2,1H3/b13-12-,25-18-;6-4-,14-10+,18-16?. The SMILES string of the molecule is C=C/C(=C\C=C/C)CN=C(N=C)c1ccccc1.C=NCN1C(=C)/C=C\c2cc(Nc3ccccc3C)ccc2S/C(=C\S)Cc2ccccc21. The summed E-state index contributed by atoms with van der Waals surface area (Å²) >= 11 is 6.27. The number of thiol groups is 1. The summed E-state index contributed by atoms with van der Waals surface area (Å²) < 4.78 is 0. The minimum atomic E-state index is 0.439. The van der Waals surface area contributed by atoms with Crippen molar-refractivity contribution in [3.8, 4) is 0 Å². The van der Waals surface area contributed by atoms with E-state index in [0.717, 1.165) is 45.9 Å². The average molecular weight is 708 g/mol. The lowest BCUT2D eigenvalue weighted by Crippen LogP contribution is -2.22. The normalized spacial score (nSPS) is 14.8. The highest BCUT2D eigenvalue weighted by Gasteiger charge is 2.16. The number of thioether (sulfide) groups is 1. The fourth-order valence-electron chi connectivity index (χ4n) is 5.17. The maximum Gasteiger partial charge on any atom is 0.154 e. The molecule has 0 spiro atoms. The van der Waals surface area contributed by atoms with Gasteiger partial charge >= 0.3 is 0 Å². The molecule has 1 aliphatic heterocycles. The molecule has 5 nitrogen and oxygen atoms in total. The van der Waals surface area contributed by atoms with Crippen molar-refractivity contribution in [2.45, 2.75) is 25.2 Å². The number of aryl methyl sites for hydroxylation is 1. The van der Waals surface area contributed by atoms with Crippen LogP contribution in [-0.4, -0.2) is 32.5 Å². The van der Waals surface area contributed by atoms with Gasteiger partial charge in [0.25, 0.3) is 0 Å². The molecule has 0 fully saturated rings. The van der Waals surface area contributed by atoms with Crippen LogP contribution in [0.2, 0.25) is 0 Å². The minimum Gasteiger partial charge on any atom is -0.355 e. The van der Waals surface area contributed by atoms with Crippen LogP contribution in [0.5, 0.6) is 0 Å². The molecule has 0 saturated heterocycles. The molecule has 0 atom stereocenters. The van der Waals surface area contributed by atoms with E-state index in [2.05, 4.69) is 132 Å². The van der Waals surface area contributed by atoms with Crippen LogP contribution in [0, 0.1) is 6.92 Å². The van der Waals surface area contributed by atoms with Gasteiger partial charge in [-0.1, -0.05) is 122 Å². The first-order valence-electron chi connectivity index (χ1n) is 16.5. The number of amidine groups is 1. The molecule has 0 amide bonds. The molecule has 1 aliphatic rings. The Kier molecular flexibility index (Phi) is 15.3. The van der Waals surface area contributed by atoms with Gasteiger partial charge in [0.15, 0.2) is 5.84 Å². The third-order valence-corrected chi connectivity index (χ3v) is 9.47. The van der Waals surface area contributed by atoms with Crippen molar-refractivity contribution in [2.75, 3.05) is 23.4 Å². The van der Waals surface area contributed by atoms with Crippen LogP contribution in [0.15, 0.2) is 182 Å². The van der Waals surface area contributed by atoms with Crippen molar-refractivity contribution >= 4 is 66.8 Å². The lowest BCUT2D eigenvalue weighted by atomic mass is 10.1. The molecule has 0 unspecified atom stereocenters. The van der Waals surface area contributed by atoms with Crippen LogP contribution in [0.4, 0.5) is 17.1 Å². The number of hydrogen-bond donors (Lipinski definition) is 2. The van der Waals surface area contributed by atoms with E-state index in [0.29, 0.717) is 19.0 Å². The summed E-state index contributed by atoms with van der Waals surface area (Å²) in [6.45, 7) is 20.4. The third-order valence-electron chi connectivity index (χ3n) is 7.87. The average Bonchev–Trinajstić information content (AvgIpc) is 3.18. The summed E-state index contributed by atoms with van der Waals surface area (Å²) in [5, 5.41) is 5.45. The van der Waals surface area contributed by atoms with Crippen molar-refractivity contribution in [2.24, 2.45) is 15.0 Å². The molecule has 1 N–H and O–H groups in total. The van der Waals surface area contributed by atoms with E-state index in [1.807, 2.05) is 79.1 Å². The summed E-state index contributed by atoms with van der Waals surface area (Å²) in [4.78, 5) is 17.0. The quantitative estimate of drug-likeness (QED) is 0.0788. The van der Waals surface area contributed by atoms with Crippen LogP contribution >= 0.6 is 24.4 Å². The summed E-state index contributed by atoms with van der Waals surface area (Å²) in [6.07, 6.45) is 12.7. The Morgan fingerprint density at radius 1 is 0.961 bits per heavy atom. The van der Waals surface area contributed by atoms with Gasteiger partial charge in [-0.2, -0.15) is 12.6 Å². The Balaban J connectivity index is 0.000000275. The highest BCUT2D eigenvalue weighted by atomic mass is 32.2. The topological polar surface area (TPSA) is 52.4 Å². The molecular weight excluding hydrogens is 663 g/mol. The molecule has 4 aromatic rings. The van der Waals surface area contributed by atoms with E-state index in [1.54, 1.807) is 17.8 Å². The second-order valence-electron chi connectivity index (χ2n) is 11.4. The Morgan fingerprint density at radius 2 is 1.71 bits per heavy atom. The number of allylic oxidation sites excluding steroid dienone is 5. The number of hydrogen-bond acceptors (Lipinski definition) is 6. The molecule has 5 rings (SSSR count). The van der Waals surface area contributed by atoms with Crippen LogP contribution in [-0.2, 0) is 6.42 Å². The minimum absolute atomic E-state index is 0.439. The van der Waals surface area contributed by atoms with E-state index >= 15 is 0 Å². The fourth-order valence-corrected chi connectivity index (χ4v) is 6.36. The van der Waals surface area contributed by atoms with E-state index in [-0.39, 0.29) is 0 Å². The predicted octanol–water partition coefficient (Wildman–Crippen LogP) is 11.7. The van der Waals surface area contributed by atoms with Crippen molar-refractivity contribution in [3.05, 3.63) is 184 Å². The Morgan fingerprint density at radius 3 is 2.41 bits per heavy atom. The monoisotopic (exact) mass is 707 g/mol. The number of benzene rings is 4.